The highest BCUT2D eigenvalue weighted by Crippen LogP contribution is 2.20. The maximum Gasteiger partial charge on any atom is 0.312 e. The normalized spacial score (nSPS) is 11.3. The van der Waals surface area contributed by atoms with Gasteiger partial charge in [-0.05, 0) is 37.1 Å². The van der Waals surface area contributed by atoms with Gasteiger partial charge in [-0.2, -0.15) is 14.4 Å². The van der Waals surface area contributed by atoms with Crippen LogP contribution in [0.5, 0.6) is 0 Å². The van der Waals surface area contributed by atoms with Crippen LogP contribution in [0.4, 0.5) is 10.2 Å². The highest BCUT2D eigenvalue weighted by molar-refractivity contribution is 5.83. The molecule has 0 unspecified atom stereocenters. The Morgan fingerprint density at radius 1 is 1.03 bits per heavy atom. The lowest BCUT2D eigenvalue weighted by atomic mass is 10.1. The number of para-hydroxylation sites is 1. The quantitative estimate of drug-likeness (QED) is 0.436. The van der Waals surface area contributed by atoms with Gasteiger partial charge in [-0.15, -0.1) is 0 Å². The van der Waals surface area contributed by atoms with Crippen LogP contribution >= 0.6 is 0 Å². The van der Waals surface area contributed by atoms with Gasteiger partial charge in [-0.25, -0.2) is 9.97 Å². The van der Waals surface area contributed by atoms with E-state index in [9.17, 15) is 9.18 Å². The molecule has 2 N–H and O–H groups in total. The average molecular weight is 415 g/mol. The van der Waals surface area contributed by atoms with Gasteiger partial charge in [0.1, 0.15) is 11.3 Å². The second-order valence-corrected chi connectivity index (χ2v) is 7.22. The van der Waals surface area contributed by atoms with Crippen LogP contribution in [0.1, 0.15) is 17.0 Å². The van der Waals surface area contributed by atoms with Gasteiger partial charge in [0.05, 0.1) is 29.5 Å². The van der Waals surface area contributed by atoms with Gasteiger partial charge in [0.2, 0.25) is 0 Å². The van der Waals surface area contributed by atoms with Crippen LogP contribution in [0.2, 0.25) is 0 Å². The topological polar surface area (TPSA) is 101 Å². The lowest BCUT2D eigenvalue weighted by Gasteiger charge is -2.17. The molecule has 0 spiro atoms. The monoisotopic (exact) mass is 415 g/mol. The average Bonchev–Trinajstić information content (AvgIpc) is 3.21. The summed E-state index contributed by atoms with van der Waals surface area (Å²) in [5.74, 6) is 0.693. The Labute approximate surface area is 175 Å². The van der Waals surface area contributed by atoms with Crippen molar-refractivity contribution < 1.29 is 4.39 Å². The van der Waals surface area contributed by atoms with Gasteiger partial charge in [-0.1, -0.05) is 30.3 Å². The van der Waals surface area contributed by atoms with Crippen molar-refractivity contribution in [2.75, 3.05) is 5.32 Å². The van der Waals surface area contributed by atoms with Gasteiger partial charge in [0.25, 0.3) is 5.56 Å². The lowest BCUT2D eigenvalue weighted by Crippen LogP contribution is -2.26. The summed E-state index contributed by atoms with van der Waals surface area (Å²) in [6.45, 7) is 3.96. The Balaban J connectivity index is 1.69. The van der Waals surface area contributed by atoms with E-state index in [1.54, 1.807) is 4.57 Å². The number of hydrogen-bond acceptors (Lipinski definition) is 6. The molecule has 0 fully saturated rings. The molecule has 0 aliphatic heterocycles. The van der Waals surface area contributed by atoms with Crippen molar-refractivity contribution in [3.63, 3.8) is 0 Å². The number of nitrogens with one attached hydrogen (secondary N) is 2. The van der Waals surface area contributed by atoms with E-state index in [-0.39, 0.29) is 23.6 Å². The van der Waals surface area contributed by atoms with Gasteiger partial charge >= 0.3 is 6.08 Å². The number of rotatable bonds is 4. The summed E-state index contributed by atoms with van der Waals surface area (Å²) in [6, 6.07) is 13.2. The molecule has 8 nitrogen and oxygen atoms in total. The SMILES string of the molecule is Cc1ccccc1-n1c(CNc2nc(F)nc3[nH]cnc23)nc2cccc(C)c2c1=O. The fourth-order valence-electron chi connectivity index (χ4n) is 3.72. The second kappa shape index (κ2) is 7.28. The minimum Gasteiger partial charge on any atom is -0.361 e. The summed E-state index contributed by atoms with van der Waals surface area (Å²) < 4.78 is 15.4. The number of benzene rings is 2. The molecule has 0 bridgehead atoms. The molecular weight excluding hydrogens is 397 g/mol. The molecule has 5 rings (SSSR count). The van der Waals surface area contributed by atoms with Crippen molar-refractivity contribution in [2.24, 2.45) is 0 Å². The van der Waals surface area contributed by atoms with Gasteiger partial charge in [0, 0.05) is 0 Å². The highest BCUT2D eigenvalue weighted by Gasteiger charge is 2.17. The molecule has 9 heteroatoms. The summed E-state index contributed by atoms with van der Waals surface area (Å²) in [6.07, 6.45) is 0.544. The van der Waals surface area contributed by atoms with E-state index in [0.29, 0.717) is 22.2 Å². The summed E-state index contributed by atoms with van der Waals surface area (Å²) >= 11 is 0. The predicted octanol–water partition coefficient (Wildman–Crippen LogP) is 3.42. The number of aromatic nitrogens is 6. The third kappa shape index (κ3) is 3.20. The third-order valence-corrected chi connectivity index (χ3v) is 5.20. The van der Waals surface area contributed by atoms with Crippen LogP contribution in [0, 0.1) is 19.9 Å². The maximum absolute atomic E-state index is 13.8. The molecule has 31 heavy (non-hydrogen) atoms. The molecular formula is C22H18FN7O. The molecule has 0 radical (unpaired) electrons. The molecule has 2 aromatic carbocycles. The third-order valence-electron chi connectivity index (χ3n) is 5.20. The zero-order valence-corrected chi connectivity index (χ0v) is 16.8. The number of halogens is 1. The minimum absolute atomic E-state index is 0.131. The van der Waals surface area contributed by atoms with E-state index >= 15 is 0 Å². The number of hydrogen-bond donors (Lipinski definition) is 2. The lowest BCUT2D eigenvalue weighted by molar-refractivity contribution is 0.545. The first kappa shape index (κ1) is 18.9. The van der Waals surface area contributed by atoms with Crippen molar-refractivity contribution in [3.8, 4) is 5.69 Å². The number of nitrogens with zero attached hydrogens (tertiary/aromatic N) is 5. The molecule has 0 atom stereocenters. The fraction of sp³-hybridized carbons (Fsp3) is 0.136. The fourth-order valence-corrected chi connectivity index (χ4v) is 3.72. The van der Waals surface area contributed by atoms with Crippen LogP contribution in [0.3, 0.4) is 0 Å². The van der Waals surface area contributed by atoms with Crippen LogP contribution in [-0.4, -0.2) is 29.5 Å². The number of anilines is 1. The van der Waals surface area contributed by atoms with Gasteiger partial charge in [-0.3, -0.25) is 9.36 Å². The molecule has 0 saturated carbocycles. The Morgan fingerprint density at radius 3 is 2.68 bits per heavy atom. The van der Waals surface area contributed by atoms with Gasteiger partial charge < -0.3 is 10.3 Å². The Hall–Kier alpha value is -4.14. The standard InChI is InChI=1S/C22H18FN7O/c1-12-6-3-4-9-15(12)30-16(27-14-8-5-7-13(2)17(14)21(30)31)10-24-19-18-20(26-11-25-18)29-22(23)28-19/h3-9,11H,10H2,1-2H3,(H2,24,25,26,28,29). The predicted molar refractivity (Wildman–Crippen MR) is 116 cm³/mol. The summed E-state index contributed by atoms with van der Waals surface area (Å²) in [4.78, 5) is 32.7. The van der Waals surface area contributed by atoms with Gasteiger partial charge in [0.15, 0.2) is 11.5 Å². The number of aromatic amines is 1. The smallest absolute Gasteiger partial charge is 0.312 e. The summed E-state index contributed by atoms with van der Waals surface area (Å²) in [5.41, 5.74) is 3.66. The zero-order chi connectivity index (χ0) is 21.5. The van der Waals surface area contributed by atoms with Crippen LogP contribution in [0.15, 0.2) is 53.6 Å². The molecule has 0 aliphatic carbocycles. The van der Waals surface area contributed by atoms with Crippen molar-refractivity contribution >= 4 is 27.9 Å². The summed E-state index contributed by atoms with van der Waals surface area (Å²) in [5, 5.41) is 3.64. The molecule has 3 aromatic heterocycles. The zero-order valence-electron chi connectivity index (χ0n) is 16.8. The molecule has 5 aromatic rings. The van der Waals surface area contributed by atoms with E-state index in [4.69, 9.17) is 4.98 Å². The molecule has 0 aliphatic rings. The Morgan fingerprint density at radius 2 is 1.84 bits per heavy atom. The number of fused-ring (bicyclic) bond motifs is 2. The van der Waals surface area contributed by atoms with E-state index in [1.165, 1.54) is 6.33 Å². The van der Waals surface area contributed by atoms with Crippen molar-refractivity contribution in [3.05, 3.63) is 82.2 Å². The number of imidazole rings is 1. The Kier molecular flexibility index (Phi) is 4.43. The first-order valence-electron chi connectivity index (χ1n) is 9.70. The van der Waals surface area contributed by atoms with Crippen LogP contribution in [-0.2, 0) is 6.54 Å². The van der Waals surface area contributed by atoms with Crippen molar-refractivity contribution in [1.29, 1.82) is 0 Å². The van der Waals surface area contributed by atoms with E-state index in [1.807, 2.05) is 56.3 Å². The number of aryl methyl sites for hydroxylation is 2. The minimum atomic E-state index is -0.877. The van der Waals surface area contributed by atoms with E-state index < -0.39 is 6.08 Å². The number of H-pyrrole nitrogens is 1. The second-order valence-electron chi connectivity index (χ2n) is 7.22. The van der Waals surface area contributed by atoms with E-state index in [2.05, 4.69) is 25.3 Å². The Bertz CT molecular complexity index is 1510. The summed E-state index contributed by atoms with van der Waals surface area (Å²) in [7, 11) is 0. The highest BCUT2D eigenvalue weighted by atomic mass is 19.1. The van der Waals surface area contributed by atoms with Crippen molar-refractivity contribution in [2.45, 2.75) is 20.4 Å². The molecule has 0 amide bonds. The van der Waals surface area contributed by atoms with Crippen molar-refractivity contribution in [1.82, 2.24) is 29.5 Å². The largest absolute Gasteiger partial charge is 0.361 e. The van der Waals surface area contributed by atoms with Crippen LogP contribution in [0.25, 0.3) is 27.8 Å². The first-order chi connectivity index (χ1) is 15.0. The maximum atomic E-state index is 13.8. The first-order valence-corrected chi connectivity index (χ1v) is 9.70. The van der Waals surface area contributed by atoms with E-state index in [0.717, 1.165) is 16.8 Å². The molecule has 0 saturated heterocycles. The molecule has 154 valence electrons. The molecule has 3 heterocycles. The van der Waals surface area contributed by atoms with Crippen LogP contribution < -0.4 is 10.9 Å².